The van der Waals surface area contributed by atoms with E-state index in [0.717, 1.165) is 11.8 Å². The van der Waals surface area contributed by atoms with Crippen molar-refractivity contribution < 1.29 is 17.9 Å². The van der Waals surface area contributed by atoms with Crippen molar-refractivity contribution in [2.45, 2.75) is 37.7 Å². The number of aryl methyl sites for hydroxylation is 1. The van der Waals surface area contributed by atoms with Gasteiger partial charge in [0, 0.05) is 18.3 Å². The molecule has 170 valence electrons. The maximum Gasteiger partial charge on any atom is 0.240 e. The highest BCUT2D eigenvalue weighted by Gasteiger charge is 2.20. The fourth-order valence-electron chi connectivity index (χ4n) is 2.93. The molecule has 11 heteroatoms. The Balaban J connectivity index is 2.01. The van der Waals surface area contributed by atoms with Crippen LogP contribution in [0, 0.1) is 12.9 Å². The van der Waals surface area contributed by atoms with Gasteiger partial charge in [-0.3, -0.25) is 0 Å². The summed E-state index contributed by atoms with van der Waals surface area (Å²) in [6, 6.07) is 5.91. The number of rotatable bonds is 7. The number of aliphatic hydroxyl groups is 1. The fourth-order valence-corrected chi connectivity index (χ4v) is 4.15. The van der Waals surface area contributed by atoms with Crippen LogP contribution < -0.4 is 10.5 Å². The number of pyridine rings is 1. The zero-order valence-electron chi connectivity index (χ0n) is 17.7. The molecule has 3 aromatic rings. The average Bonchev–Trinajstić information content (AvgIpc) is 2.69. The van der Waals surface area contributed by atoms with Crippen molar-refractivity contribution in [1.82, 2.24) is 19.7 Å². The molecule has 2 heterocycles. The highest BCUT2D eigenvalue weighted by molar-refractivity contribution is 7.89. The van der Waals surface area contributed by atoms with Gasteiger partial charge in [0.15, 0.2) is 0 Å². The van der Waals surface area contributed by atoms with Crippen LogP contribution in [0.2, 0.25) is 5.02 Å². The van der Waals surface area contributed by atoms with Gasteiger partial charge in [-0.25, -0.2) is 28.1 Å². The third-order valence-electron chi connectivity index (χ3n) is 4.69. The summed E-state index contributed by atoms with van der Waals surface area (Å²) in [6.07, 6.45) is 2.80. The van der Waals surface area contributed by atoms with Crippen molar-refractivity contribution >= 4 is 27.4 Å². The van der Waals surface area contributed by atoms with Gasteiger partial charge in [-0.05, 0) is 51.0 Å². The van der Waals surface area contributed by atoms with Gasteiger partial charge in [-0.1, -0.05) is 17.7 Å². The molecule has 0 spiro atoms. The smallest absolute Gasteiger partial charge is 0.240 e. The quantitative estimate of drug-likeness (QED) is 0.443. The minimum absolute atomic E-state index is 0.0148. The van der Waals surface area contributed by atoms with Crippen molar-refractivity contribution in [3.63, 3.8) is 0 Å². The predicted molar refractivity (Wildman–Crippen MR) is 121 cm³/mol. The van der Waals surface area contributed by atoms with Crippen molar-refractivity contribution in [2.24, 2.45) is 0 Å². The van der Waals surface area contributed by atoms with Crippen LogP contribution >= 0.6 is 11.6 Å². The first kappa shape index (κ1) is 24.0. The van der Waals surface area contributed by atoms with Crippen molar-refractivity contribution in [3.05, 3.63) is 53.2 Å². The number of halogens is 2. The molecule has 4 N–H and O–H groups in total. The van der Waals surface area contributed by atoms with Gasteiger partial charge in [0.1, 0.15) is 11.5 Å². The minimum atomic E-state index is -3.83. The first-order valence-corrected chi connectivity index (χ1v) is 11.5. The molecule has 0 saturated carbocycles. The Hall–Kier alpha value is -2.66. The second-order valence-corrected chi connectivity index (χ2v) is 10.1. The lowest BCUT2D eigenvalue weighted by Gasteiger charge is -2.17. The van der Waals surface area contributed by atoms with E-state index in [-0.39, 0.29) is 40.0 Å². The number of benzene rings is 1. The van der Waals surface area contributed by atoms with Crippen LogP contribution in [-0.4, -0.2) is 40.6 Å². The summed E-state index contributed by atoms with van der Waals surface area (Å²) in [7, 11) is -3.83. The van der Waals surface area contributed by atoms with Crippen LogP contribution in [0.1, 0.15) is 25.8 Å². The van der Waals surface area contributed by atoms with Crippen LogP contribution in [0.3, 0.4) is 0 Å². The number of nitrogens with two attached hydrogens (primary N) is 1. The van der Waals surface area contributed by atoms with Gasteiger partial charge < -0.3 is 10.8 Å². The second-order valence-electron chi connectivity index (χ2n) is 7.92. The minimum Gasteiger partial charge on any atom is -0.390 e. The molecule has 8 nitrogen and oxygen atoms in total. The molecule has 0 radical (unpaired) electrons. The molecule has 0 aliphatic heterocycles. The molecule has 0 saturated heterocycles. The normalized spacial score (nSPS) is 12.2. The number of nitrogens with zero attached hydrogens (tertiary/aromatic N) is 3. The second kappa shape index (κ2) is 9.07. The van der Waals surface area contributed by atoms with E-state index in [4.69, 9.17) is 17.3 Å². The summed E-state index contributed by atoms with van der Waals surface area (Å²) in [5.41, 5.74) is 6.46. The lowest BCUT2D eigenvalue weighted by molar-refractivity contribution is 0.0728. The molecule has 32 heavy (non-hydrogen) atoms. The molecular weight excluding hydrogens is 457 g/mol. The third kappa shape index (κ3) is 5.57. The molecule has 0 aliphatic rings. The summed E-state index contributed by atoms with van der Waals surface area (Å²) in [5.74, 6) is -0.831. The van der Waals surface area contributed by atoms with Gasteiger partial charge in [-0.2, -0.15) is 4.39 Å². The summed E-state index contributed by atoms with van der Waals surface area (Å²) in [4.78, 5) is 12.1. The van der Waals surface area contributed by atoms with Crippen molar-refractivity contribution in [3.8, 4) is 22.5 Å². The number of hydrogen-bond donors (Lipinski definition) is 3. The summed E-state index contributed by atoms with van der Waals surface area (Å²) < 4.78 is 42.2. The number of aromatic nitrogens is 3. The lowest BCUT2D eigenvalue weighted by atomic mass is 10.1. The third-order valence-corrected chi connectivity index (χ3v) is 6.35. The van der Waals surface area contributed by atoms with E-state index in [2.05, 4.69) is 19.7 Å². The maximum absolute atomic E-state index is 14.3. The van der Waals surface area contributed by atoms with Gasteiger partial charge in [0.2, 0.25) is 16.0 Å². The van der Waals surface area contributed by atoms with E-state index >= 15 is 0 Å². The summed E-state index contributed by atoms with van der Waals surface area (Å²) >= 11 is 5.93. The van der Waals surface area contributed by atoms with Gasteiger partial charge >= 0.3 is 0 Å². The Bertz CT molecular complexity index is 1260. The van der Waals surface area contributed by atoms with Crippen molar-refractivity contribution in [1.29, 1.82) is 0 Å². The van der Waals surface area contributed by atoms with Gasteiger partial charge in [0.25, 0.3) is 0 Å². The Morgan fingerprint density at radius 3 is 2.59 bits per heavy atom. The topological polar surface area (TPSA) is 131 Å². The summed E-state index contributed by atoms with van der Waals surface area (Å²) in [6.45, 7) is 5.05. The zero-order chi connectivity index (χ0) is 23.7. The number of hydrogen-bond acceptors (Lipinski definition) is 7. The molecule has 0 fully saturated rings. The number of sulfonamides is 1. The van der Waals surface area contributed by atoms with E-state index < -0.39 is 21.6 Å². The van der Waals surface area contributed by atoms with E-state index in [9.17, 15) is 17.9 Å². The molecule has 1 aromatic carbocycles. The standard InChI is InChI=1S/C21H23ClFN5O3S/c1-12-4-5-14(32(30,31)27-7-6-21(2,3)29)9-15(12)17-11-26-20(24)18(28-17)16-8-13(22)10-25-19(16)23/h4-5,8-11,27,29H,6-7H2,1-3H3,(H2,24,26). The van der Waals surface area contributed by atoms with Crippen LogP contribution in [0.25, 0.3) is 22.5 Å². The first-order chi connectivity index (χ1) is 14.9. The molecule has 0 amide bonds. The SMILES string of the molecule is Cc1ccc(S(=O)(=O)NCCC(C)(C)O)cc1-c1cnc(N)c(-c2cc(Cl)cnc2F)n1. The van der Waals surface area contributed by atoms with Gasteiger partial charge in [-0.15, -0.1) is 0 Å². The van der Waals surface area contributed by atoms with Crippen LogP contribution in [0.15, 0.2) is 41.6 Å². The van der Waals surface area contributed by atoms with E-state index in [0.29, 0.717) is 11.3 Å². The first-order valence-electron chi connectivity index (χ1n) is 9.64. The number of anilines is 1. The molecule has 0 bridgehead atoms. The molecule has 0 unspecified atom stereocenters. The van der Waals surface area contributed by atoms with Crippen LogP contribution in [0.4, 0.5) is 10.2 Å². The van der Waals surface area contributed by atoms with E-state index in [1.165, 1.54) is 24.4 Å². The van der Waals surface area contributed by atoms with E-state index in [1.807, 2.05) is 0 Å². The Labute approximate surface area is 190 Å². The van der Waals surface area contributed by atoms with Gasteiger partial charge in [0.05, 0.1) is 33.0 Å². The Kier molecular flexibility index (Phi) is 6.80. The van der Waals surface area contributed by atoms with Crippen LogP contribution in [0.5, 0.6) is 0 Å². The number of nitrogens with one attached hydrogen (secondary N) is 1. The number of nitrogen functional groups attached to an aromatic ring is 1. The monoisotopic (exact) mass is 479 g/mol. The molecular formula is C21H23ClFN5O3S. The van der Waals surface area contributed by atoms with E-state index in [1.54, 1.807) is 26.8 Å². The average molecular weight is 480 g/mol. The Morgan fingerprint density at radius 1 is 1.19 bits per heavy atom. The molecule has 2 aromatic heterocycles. The Morgan fingerprint density at radius 2 is 1.91 bits per heavy atom. The predicted octanol–water partition coefficient (Wildman–Crippen LogP) is 3.33. The van der Waals surface area contributed by atoms with Crippen molar-refractivity contribution in [2.75, 3.05) is 12.3 Å². The molecule has 3 rings (SSSR count). The van der Waals surface area contributed by atoms with Crippen LogP contribution in [-0.2, 0) is 10.0 Å². The highest BCUT2D eigenvalue weighted by atomic mass is 35.5. The zero-order valence-corrected chi connectivity index (χ0v) is 19.3. The molecule has 0 atom stereocenters. The fraction of sp³-hybridized carbons (Fsp3) is 0.286. The molecule has 0 aliphatic carbocycles. The summed E-state index contributed by atoms with van der Waals surface area (Å²) in [5, 5.41) is 10.00. The largest absolute Gasteiger partial charge is 0.390 e. The lowest BCUT2D eigenvalue weighted by Crippen LogP contribution is -2.30. The highest BCUT2D eigenvalue weighted by Crippen LogP contribution is 2.31. The maximum atomic E-state index is 14.3.